The highest BCUT2D eigenvalue weighted by atomic mass is 35.5. The summed E-state index contributed by atoms with van der Waals surface area (Å²) < 4.78 is 28.0. The lowest BCUT2D eigenvalue weighted by Crippen LogP contribution is -2.43. The molecule has 0 radical (unpaired) electrons. The Morgan fingerprint density at radius 2 is 1.79 bits per heavy atom. The summed E-state index contributed by atoms with van der Waals surface area (Å²) in [6.45, 7) is 1.05. The fraction of sp³-hybridized carbons (Fsp3) is 0.391. The molecule has 176 valence electrons. The van der Waals surface area contributed by atoms with E-state index in [-0.39, 0.29) is 35.6 Å². The Bertz CT molecular complexity index is 1150. The van der Waals surface area contributed by atoms with Crippen LogP contribution in [0.1, 0.15) is 31.2 Å². The molecule has 0 saturated carbocycles. The minimum absolute atomic E-state index is 0.153. The second-order valence-electron chi connectivity index (χ2n) is 8.08. The summed E-state index contributed by atoms with van der Waals surface area (Å²) in [5.74, 6) is -0.380. The van der Waals surface area contributed by atoms with Crippen LogP contribution in [0.3, 0.4) is 0 Å². The fourth-order valence-corrected chi connectivity index (χ4v) is 6.64. The van der Waals surface area contributed by atoms with E-state index in [9.17, 15) is 18.0 Å². The van der Waals surface area contributed by atoms with Crippen LogP contribution in [0.4, 0.5) is 5.69 Å². The SMILES string of the molecule is O=C(CN1C(=O)CSc2ccc(S(=O)(=O)N3CCCCCC3)cc21)NCc1ccccc1Cl. The number of hydrogen-bond acceptors (Lipinski definition) is 5. The number of anilines is 1. The lowest BCUT2D eigenvalue weighted by molar-refractivity contribution is -0.123. The number of carbonyl (C=O) groups excluding carboxylic acids is 2. The number of nitrogens with zero attached hydrogens (tertiary/aromatic N) is 2. The Balaban J connectivity index is 1.53. The van der Waals surface area contributed by atoms with Crippen molar-refractivity contribution in [1.29, 1.82) is 0 Å². The lowest BCUT2D eigenvalue weighted by Gasteiger charge is -2.29. The minimum atomic E-state index is -3.67. The van der Waals surface area contributed by atoms with Gasteiger partial charge in [0.1, 0.15) is 6.54 Å². The summed E-state index contributed by atoms with van der Waals surface area (Å²) in [5.41, 5.74) is 1.24. The van der Waals surface area contributed by atoms with E-state index in [1.54, 1.807) is 18.2 Å². The first-order valence-electron chi connectivity index (χ1n) is 10.9. The van der Waals surface area contributed by atoms with Crippen LogP contribution < -0.4 is 10.2 Å². The number of rotatable bonds is 6. The zero-order valence-corrected chi connectivity index (χ0v) is 20.5. The molecule has 1 saturated heterocycles. The molecule has 0 spiro atoms. The van der Waals surface area contributed by atoms with Gasteiger partial charge in [0.05, 0.1) is 16.3 Å². The summed E-state index contributed by atoms with van der Waals surface area (Å²) in [6, 6.07) is 12.1. The maximum atomic E-state index is 13.3. The second-order valence-corrected chi connectivity index (χ2v) is 11.4. The molecule has 2 aliphatic heterocycles. The van der Waals surface area contributed by atoms with Gasteiger partial charge in [-0.3, -0.25) is 9.59 Å². The van der Waals surface area contributed by atoms with Gasteiger partial charge in [-0.2, -0.15) is 4.31 Å². The quantitative estimate of drug-likeness (QED) is 0.644. The molecule has 2 aliphatic rings. The van der Waals surface area contributed by atoms with E-state index in [0.29, 0.717) is 23.8 Å². The van der Waals surface area contributed by atoms with Gasteiger partial charge in [0.25, 0.3) is 0 Å². The van der Waals surface area contributed by atoms with Crippen LogP contribution in [0.5, 0.6) is 0 Å². The molecule has 0 atom stereocenters. The number of thioether (sulfide) groups is 1. The Morgan fingerprint density at radius 3 is 2.52 bits per heavy atom. The number of hydrogen-bond donors (Lipinski definition) is 1. The minimum Gasteiger partial charge on any atom is -0.350 e. The third-order valence-corrected chi connectivity index (χ3v) is 9.12. The highest BCUT2D eigenvalue weighted by molar-refractivity contribution is 8.00. The normalized spacial score (nSPS) is 17.4. The van der Waals surface area contributed by atoms with Gasteiger partial charge in [-0.1, -0.05) is 42.6 Å². The van der Waals surface area contributed by atoms with Crippen molar-refractivity contribution in [2.24, 2.45) is 0 Å². The third-order valence-electron chi connectivity index (χ3n) is 5.81. The first-order valence-corrected chi connectivity index (χ1v) is 13.7. The van der Waals surface area contributed by atoms with Gasteiger partial charge >= 0.3 is 0 Å². The van der Waals surface area contributed by atoms with Gasteiger partial charge in [-0.15, -0.1) is 11.8 Å². The third kappa shape index (κ3) is 5.54. The zero-order valence-electron chi connectivity index (χ0n) is 18.1. The van der Waals surface area contributed by atoms with Crippen molar-refractivity contribution in [3.8, 4) is 0 Å². The summed E-state index contributed by atoms with van der Waals surface area (Å²) in [5, 5.41) is 3.34. The molecule has 2 aromatic rings. The summed E-state index contributed by atoms with van der Waals surface area (Å²) in [7, 11) is -3.67. The summed E-state index contributed by atoms with van der Waals surface area (Å²) >= 11 is 7.49. The fourth-order valence-electron chi connectivity index (χ4n) is 3.98. The van der Waals surface area contributed by atoms with Crippen molar-refractivity contribution in [3.05, 3.63) is 53.1 Å². The van der Waals surface area contributed by atoms with Crippen molar-refractivity contribution in [3.63, 3.8) is 0 Å². The monoisotopic (exact) mass is 507 g/mol. The molecule has 0 unspecified atom stereocenters. The number of halogens is 1. The summed E-state index contributed by atoms with van der Waals surface area (Å²) in [4.78, 5) is 27.6. The molecule has 0 aliphatic carbocycles. The molecule has 10 heteroatoms. The summed E-state index contributed by atoms with van der Waals surface area (Å²) in [6.07, 6.45) is 3.74. The van der Waals surface area contributed by atoms with Crippen molar-refractivity contribution in [2.75, 3.05) is 30.3 Å². The van der Waals surface area contributed by atoms with E-state index in [4.69, 9.17) is 11.6 Å². The molecule has 1 fully saturated rings. The van der Waals surface area contributed by atoms with Crippen LogP contribution in [0, 0.1) is 0 Å². The van der Waals surface area contributed by atoms with Crippen LogP contribution in [-0.2, 0) is 26.2 Å². The highest BCUT2D eigenvalue weighted by Gasteiger charge is 2.31. The van der Waals surface area contributed by atoms with Crippen LogP contribution in [0.25, 0.3) is 0 Å². The largest absolute Gasteiger partial charge is 0.350 e. The van der Waals surface area contributed by atoms with Crippen molar-refractivity contribution >= 4 is 50.9 Å². The van der Waals surface area contributed by atoms with Crippen molar-refractivity contribution < 1.29 is 18.0 Å². The Kier molecular flexibility index (Phi) is 7.63. The second kappa shape index (κ2) is 10.5. The van der Waals surface area contributed by atoms with E-state index >= 15 is 0 Å². The van der Waals surface area contributed by atoms with E-state index < -0.39 is 10.0 Å². The maximum absolute atomic E-state index is 13.3. The number of fused-ring (bicyclic) bond motifs is 1. The Morgan fingerprint density at radius 1 is 1.06 bits per heavy atom. The highest BCUT2D eigenvalue weighted by Crippen LogP contribution is 2.37. The van der Waals surface area contributed by atoms with E-state index in [2.05, 4.69) is 5.32 Å². The van der Waals surface area contributed by atoms with Crippen LogP contribution in [-0.4, -0.2) is 49.9 Å². The van der Waals surface area contributed by atoms with Gasteiger partial charge in [0.15, 0.2) is 0 Å². The zero-order chi connectivity index (χ0) is 23.4. The Hall–Kier alpha value is -2.07. The molecule has 33 heavy (non-hydrogen) atoms. The Labute approximate surface area is 203 Å². The van der Waals surface area contributed by atoms with E-state index in [0.717, 1.165) is 36.1 Å². The number of nitrogens with one attached hydrogen (secondary N) is 1. The molecule has 2 heterocycles. The van der Waals surface area contributed by atoms with Crippen LogP contribution in [0.2, 0.25) is 5.02 Å². The van der Waals surface area contributed by atoms with Crippen molar-refractivity contribution in [2.45, 2.75) is 42.0 Å². The van der Waals surface area contributed by atoms with Gasteiger partial charge in [-0.05, 0) is 42.7 Å². The predicted molar refractivity (Wildman–Crippen MR) is 130 cm³/mol. The van der Waals surface area contributed by atoms with Crippen LogP contribution >= 0.6 is 23.4 Å². The maximum Gasteiger partial charge on any atom is 0.243 e. The standard InChI is InChI=1S/C23H26ClN3O4S2/c24-19-8-4-3-7-17(19)14-25-22(28)15-27-20-13-18(9-10-21(20)32-16-23(27)29)33(30,31)26-11-5-1-2-6-12-26/h3-4,7-10,13H,1-2,5-6,11-12,14-16H2,(H,25,28). The molecule has 2 aromatic carbocycles. The molecule has 2 amide bonds. The topological polar surface area (TPSA) is 86.8 Å². The lowest BCUT2D eigenvalue weighted by atomic mass is 10.2. The van der Waals surface area contributed by atoms with Gasteiger partial charge in [0, 0.05) is 29.6 Å². The average molecular weight is 508 g/mol. The van der Waals surface area contributed by atoms with Gasteiger partial charge in [0.2, 0.25) is 21.8 Å². The predicted octanol–water partition coefficient (Wildman–Crippen LogP) is 3.66. The van der Waals surface area contributed by atoms with Gasteiger partial charge < -0.3 is 10.2 Å². The van der Waals surface area contributed by atoms with Crippen LogP contribution in [0.15, 0.2) is 52.3 Å². The molecule has 4 rings (SSSR count). The smallest absolute Gasteiger partial charge is 0.243 e. The average Bonchev–Trinajstić information content (AvgIpc) is 3.10. The van der Waals surface area contributed by atoms with Gasteiger partial charge in [-0.25, -0.2) is 8.42 Å². The number of amides is 2. The molecule has 0 aromatic heterocycles. The number of sulfonamides is 1. The number of carbonyl (C=O) groups is 2. The molecule has 7 nitrogen and oxygen atoms in total. The first kappa shape index (κ1) is 24.1. The van der Waals surface area contributed by atoms with Crippen molar-refractivity contribution in [1.82, 2.24) is 9.62 Å². The molecule has 0 bridgehead atoms. The number of benzene rings is 2. The first-order chi connectivity index (χ1) is 15.9. The molecular weight excluding hydrogens is 482 g/mol. The molecular formula is C23H26ClN3O4S2. The molecule has 1 N–H and O–H groups in total. The van der Waals surface area contributed by atoms with E-state index in [1.807, 2.05) is 18.2 Å². The van der Waals surface area contributed by atoms with E-state index in [1.165, 1.54) is 27.0 Å².